The summed E-state index contributed by atoms with van der Waals surface area (Å²) in [6.45, 7) is 4.00. The van der Waals surface area contributed by atoms with Gasteiger partial charge < -0.3 is 6.42 Å². The van der Waals surface area contributed by atoms with Gasteiger partial charge in [-0.3, -0.25) is 0 Å². The fraction of sp³-hybridized carbons (Fsp3) is 0.667. The van der Waals surface area contributed by atoms with Crippen LogP contribution in [0.15, 0.2) is 0 Å². The molecule has 0 aliphatic carbocycles. The third kappa shape index (κ3) is 41.8. The van der Waals surface area contributed by atoms with Gasteiger partial charge in [-0.1, -0.05) is 0 Å². The van der Waals surface area contributed by atoms with E-state index >= 15 is 0 Å². The smallest absolute Gasteiger partial charge is 0 e. The van der Waals surface area contributed by atoms with Crippen molar-refractivity contribution < 1.29 is 164 Å². The van der Waals surface area contributed by atoms with E-state index in [4.69, 9.17) is 0 Å². The summed E-state index contributed by atoms with van der Waals surface area (Å²) >= 11 is 0. The summed E-state index contributed by atoms with van der Waals surface area (Å²) in [6, 6.07) is 0. The molecule has 5 radical (unpaired) electrons. The van der Waals surface area contributed by atoms with Gasteiger partial charge in [0, 0.05) is 164 Å². The van der Waals surface area contributed by atoms with Crippen LogP contribution in [0.3, 0.4) is 0 Å². The molecule has 0 bridgehead atoms. The molecule has 0 saturated heterocycles. The van der Waals surface area contributed by atoms with Gasteiger partial charge in [-0.15, -0.1) is 0 Å². The molecular formula is C3H7Y5-. The van der Waals surface area contributed by atoms with E-state index in [2.05, 4.69) is 0 Å². The molecule has 0 aromatic rings. The van der Waals surface area contributed by atoms with Crippen molar-refractivity contribution >= 4 is 0 Å². The zero-order valence-electron chi connectivity index (χ0n) is 5.46. The monoisotopic (exact) mass is 488 g/mol. The molecule has 0 nitrogen and oxygen atoms in total. The fourth-order valence-electron chi connectivity index (χ4n) is 0. The maximum absolute atomic E-state index is 2.00. The molecule has 0 atom stereocenters. The Morgan fingerprint density at radius 3 is 0.625 bits per heavy atom. The number of hydrogen-bond donors (Lipinski definition) is 0. The van der Waals surface area contributed by atoms with Crippen molar-refractivity contribution in [3.05, 3.63) is 6.42 Å². The van der Waals surface area contributed by atoms with Gasteiger partial charge >= 0.3 is 0 Å². The minimum Gasteiger partial charge on any atom is -0.335 e. The van der Waals surface area contributed by atoms with Gasteiger partial charge in [0.25, 0.3) is 0 Å². The first-order chi connectivity index (χ1) is 1.41. The zero-order chi connectivity index (χ0) is 2.71. The van der Waals surface area contributed by atoms with Crippen LogP contribution in [0.4, 0.5) is 0 Å². The van der Waals surface area contributed by atoms with Crippen LogP contribution in [0.2, 0.25) is 0 Å². The van der Waals surface area contributed by atoms with Crippen LogP contribution in [0, 0.1) is 6.42 Å². The van der Waals surface area contributed by atoms with E-state index in [0.717, 1.165) is 0 Å². The molecule has 0 rings (SSSR count). The van der Waals surface area contributed by atoms with Gasteiger partial charge in [-0.05, 0) is 0 Å². The van der Waals surface area contributed by atoms with E-state index in [-0.39, 0.29) is 164 Å². The fourth-order valence-corrected chi connectivity index (χ4v) is 0. The Hall–Kier alpha value is 5.52. The Kier molecular flexibility index (Phi) is 183. The molecule has 8 heavy (non-hydrogen) atoms. The quantitative estimate of drug-likeness (QED) is 0.451. The van der Waals surface area contributed by atoms with Gasteiger partial charge in [0.05, 0.1) is 0 Å². The SMILES string of the molecule is C[CH-]C.[Y].[Y].[Y].[Y].[Y]. The van der Waals surface area contributed by atoms with E-state index in [1.165, 1.54) is 0 Å². The predicted molar refractivity (Wildman–Crippen MR) is 15.6 cm³/mol. The predicted octanol–water partition coefficient (Wildman–Crippen LogP) is 1.22. The molecule has 0 aromatic heterocycles. The molecular weight excluding hydrogens is 481 g/mol. The zero-order valence-corrected chi connectivity index (χ0v) is 19.7. The van der Waals surface area contributed by atoms with Gasteiger partial charge in [-0.2, -0.15) is 13.8 Å². The van der Waals surface area contributed by atoms with E-state index in [9.17, 15) is 0 Å². The first-order valence-corrected chi connectivity index (χ1v) is 1.15. The number of rotatable bonds is 0. The van der Waals surface area contributed by atoms with Crippen molar-refractivity contribution in [2.24, 2.45) is 0 Å². The van der Waals surface area contributed by atoms with Gasteiger partial charge in [0.1, 0.15) is 0 Å². The van der Waals surface area contributed by atoms with E-state index in [1.54, 1.807) is 0 Å². The molecule has 5 heteroatoms. The summed E-state index contributed by atoms with van der Waals surface area (Å²) in [5.41, 5.74) is 0. The normalized spacial score (nSPS) is 2.25. The molecule has 0 spiro atoms. The van der Waals surface area contributed by atoms with E-state index < -0.39 is 0 Å². The summed E-state index contributed by atoms with van der Waals surface area (Å²) in [5.74, 6) is 0. The van der Waals surface area contributed by atoms with Crippen LogP contribution in [0.25, 0.3) is 0 Å². The summed E-state index contributed by atoms with van der Waals surface area (Å²) in [4.78, 5) is 0. The van der Waals surface area contributed by atoms with E-state index in [1.807, 2.05) is 20.3 Å². The average Bonchev–Trinajstić information content (AvgIpc) is 0.918. The van der Waals surface area contributed by atoms with Crippen LogP contribution in [-0.4, -0.2) is 0 Å². The Bertz CT molecular complexity index is 7.64. The second-order valence-electron chi connectivity index (χ2n) is 0.577. The van der Waals surface area contributed by atoms with Gasteiger partial charge in [-0.25, -0.2) is 0 Å². The minimum absolute atomic E-state index is 0. The van der Waals surface area contributed by atoms with Crippen LogP contribution < -0.4 is 0 Å². The average molecular weight is 488 g/mol. The molecule has 0 fully saturated rings. The largest absolute Gasteiger partial charge is 0.335 e. The Labute approximate surface area is 178 Å². The maximum atomic E-state index is 2.00. The van der Waals surface area contributed by atoms with E-state index in [0.29, 0.717) is 0 Å². The van der Waals surface area contributed by atoms with Crippen molar-refractivity contribution in [2.45, 2.75) is 13.8 Å². The summed E-state index contributed by atoms with van der Waals surface area (Å²) < 4.78 is 0. The van der Waals surface area contributed by atoms with Crippen LogP contribution >= 0.6 is 0 Å². The van der Waals surface area contributed by atoms with Crippen LogP contribution in [0.1, 0.15) is 13.8 Å². The summed E-state index contributed by atoms with van der Waals surface area (Å²) in [6.07, 6.45) is 2.00. The van der Waals surface area contributed by atoms with Crippen molar-refractivity contribution in [3.8, 4) is 0 Å². The maximum Gasteiger partial charge on any atom is 0 e. The molecule has 35 valence electrons. The van der Waals surface area contributed by atoms with Gasteiger partial charge in [0.15, 0.2) is 0 Å². The molecule has 0 saturated carbocycles. The Balaban J connectivity index is -0.00000000200. The van der Waals surface area contributed by atoms with Crippen molar-refractivity contribution in [1.82, 2.24) is 0 Å². The first-order valence-electron chi connectivity index (χ1n) is 1.15. The molecule has 0 N–H and O–H groups in total. The summed E-state index contributed by atoms with van der Waals surface area (Å²) in [5, 5.41) is 0. The number of hydrogen-bond acceptors (Lipinski definition) is 0. The minimum atomic E-state index is 0. The first kappa shape index (κ1) is 37.5. The molecule has 0 amide bonds. The molecule has 0 aliphatic rings. The summed E-state index contributed by atoms with van der Waals surface area (Å²) in [7, 11) is 0. The Morgan fingerprint density at radius 1 is 0.625 bits per heavy atom. The standard InChI is InChI=1S/C3H7.5Y/c1-3-2;;;;;/h3H,1-2H3;;;;;/q-1;;;;;. The van der Waals surface area contributed by atoms with Crippen LogP contribution in [0.5, 0.6) is 0 Å². The molecule has 0 unspecified atom stereocenters. The van der Waals surface area contributed by atoms with Gasteiger partial charge in [0.2, 0.25) is 0 Å². The second kappa shape index (κ2) is 39.1. The molecule has 0 heterocycles. The van der Waals surface area contributed by atoms with Crippen molar-refractivity contribution in [3.63, 3.8) is 0 Å². The van der Waals surface area contributed by atoms with Crippen LogP contribution in [-0.2, 0) is 164 Å². The van der Waals surface area contributed by atoms with Crippen molar-refractivity contribution in [2.75, 3.05) is 0 Å². The third-order valence-electron chi connectivity index (χ3n) is 0. The molecule has 0 aromatic carbocycles. The second-order valence-corrected chi connectivity index (χ2v) is 0.577. The molecule has 0 aliphatic heterocycles. The Morgan fingerprint density at radius 2 is 0.625 bits per heavy atom. The topological polar surface area (TPSA) is 0 Å². The third-order valence-corrected chi connectivity index (χ3v) is 0. The van der Waals surface area contributed by atoms with Crippen molar-refractivity contribution in [1.29, 1.82) is 0 Å².